The number of carbonyl (C=O) groups is 1. The number of aryl methyl sites for hydroxylation is 2. The van der Waals surface area contributed by atoms with E-state index < -0.39 is 0 Å². The molecule has 160 valence electrons. The Morgan fingerprint density at radius 1 is 0.909 bits per heavy atom. The summed E-state index contributed by atoms with van der Waals surface area (Å²) in [6.07, 6.45) is 2.16. The highest BCUT2D eigenvalue weighted by atomic mass is 16.2. The molecule has 33 heavy (non-hydrogen) atoms. The van der Waals surface area contributed by atoms with Crippen molar-refractivity contribution in [3.8, 4) is 11.3 Å². The summed E-state index contributed by atoms with van der Waals surface area (Å²) in [7, 11) is 0. The SMILES string of the molecule is C/C(=N/NC(=O)c1cc(-c2ccc3c4c(cccc24)CC3)n[nH]1)c1cccc2ccccc12. The molecule has 0 aliphatic heterocycles. The predicted molar refractivity (Wildman–Crippen MR) is 133 cm³/mol. The van der Waals surface area contributed by atoms with E-state index >= 15 is 0 Å². The van der Waals surface area contributed by atoms with Gasteiger partial charge in [0.2, 0.25) is 0 Å². The van der Waals surface area contributed by atoms with E-state index in [2.05, 4.69) is 69.3 Å². The van der Waals surface area contributed by atoms with Crippen molar-refractivity contribution in [2.24, 2.45) is 5.10 Å². The minimum absolute atomic E-state index is 0.320. The van der Waals surface area contributed by atoms with Crippen molar-refractivity contribution in [1.82, 2.24) is 15.6 Å². The van der Waals surface area contributed by atoms with Crippen LogP contribution in [0.25, 0.3) is 32.8 Å². The molecule has 4 aromatic carbocycles. The minimum Gasteiger partial charge on any atom is -0.272 e. The maximum absolute atomic E-state index is 12.8. The van der Waals surface area contributed by atoms with Gasteiger partial charge in [0.05, 0.1) is 11.4 Å². The lowest BCUT2D eigenvalue weighted by Gasteiger charge is -2.07. The third-order valence-electron chi connectivity index (χ3n) is 6.48. The second-order valence-corrected chi connectivity index (χ2v) is 8.44. The number of nitrogens with one attached hydrogen (secondary N) is 2. The van der Waals surface area contributed by atoms with Gasteiger partial charge in [0.15, 0.2) is 0 Å². The van der Waals surface area contributed by atoms with Crippen LogP contribution < -0.4 is 5.43 Å². The van der Waals surface area contributed by atoms with E-state index in [1.165, 1.54) is 21.9 Å². The molecule has 0 atom stereocenters. The Hall–Kier alpha value is -4.25. The summed E-state index contributed by atoms with van der Waals surface area (Å²) < 4.78 is 0. The highest BCUT2D eigenvalue weighted by Gasteiger charge is 2.18. The van der Waals surface area contributed by atoms with E-state index in [4.69, 9.17) is 0 Å². The largest absolute Gasteiger partial charge is 0.289 e. The van der Waals surface area contributed by atoms with E-state index in [0.29, 0.717) is 5.69 Å². The molecule has 1 heterocycles. The van der Waals surface area contributed by atoms with Crippen LogP contribution in [0.5, 0.6) is 0 Å². The molecular weight excluding hydrogens is 408 g/mol. The van der Waals surface area contributed by atoms with Crippen LogP contribution in [-0.2, 0) is 12.8 Å². The smallest absolute Gasteiger partial charge is 0.272 e. The standard InChI is InChI=1S/C28H22N4O/c1-17(21-10-4-7-18-6-2-3-9-22(18)21)29-32-28(33)26-16-25(30-31-26)23-15-14-20-13-12-19-8-5-11-24(23)27(19)20/h2-11,14-16H,12-13H2,1H3,(H,30,31)(H,32,33)/b29-17-. The number of benzene rings is 4. The quantitative estimate of drug-likeness (QED) is 0.286. The van der Waals surface area contributed by atoms with Gasteiger partial charge in [-0.3, -0.25) is 9.89 Å². The van der Waals surface area contributed by atoms with E-state index in [9.17, 15) is 4.79 Å². The summed E-state index contributed by atoms with van der Waals surface area (Å²) in [5, 5.41) is 16.4. The first-order valence-corrected chi connectivity index (χ1v) is 11.1. The molecule has 0 bridgehead atoms. The molecule has 1 amide bonds. The number of aromatic amines is 1. The third-order valence-corrected chi connectivity index (χ3v) is 6.48. The summed E-state index contributed by atoms with van der Waals surface area (Å²) in [5.74, 6) is -0.320. The lowest BCUT2D eigenvalue weighted by Crippen LogP contribution is -2.19. The van der Waals surface area contributed by atoms with Crippen molar-refractivity contribution < 1.29 is 4.79 Å². The van der Waals surface area contributed by atoms with Gasteiger partial charge in [-0.1, -0.05) is 72.8 Å². The van der Waals surface area contributed by atoms with Gasteiger partial charge in [-0.25, -0.2) is 5.43 Å². The Kier molecular flexibility index (Phi) is 4.54. The summed E-state index contributed by atoms with van der Waals surface area (Å²) in [6, 6.07) is 26.7. The molecule has 0 spiro atoms. The lowest BCUT2D eigenvalue weighted by atomic mass is 9.98. The van der Waals surface area contributed by atoms with Crippen LogP contribution in [0.4, 0.5) is 0 Å². The van der Waals surface area contributed by atoms with Gasteiger partial charge in [0.25, 0.3) is 5.91 Å². The van der Waals surface area contributed by atoms with E-state index in [1.807, 2.05) is 31.2 Å². The van der Waals surface area contributed by atoms with Gasteiger partial charge >= 0.3 is 0 Å². The van der Waals surface area contributed by atoms with E-state index in [0.717, 1.165) is 46.1 Å². The highest BCUT2D eigenvalue weighted by Crippen LogP contribution is 2.36. The maximum Gasteiger partial charge on any atom is 0.289 e. The number of carbonyl (C=O) groups excluding carboxylic acids is 1. The van der Waals surface area contributed by atoms with Crippen molar-refractivity contribution >= 4 is 33.2 Å². The van der Waals surface area contributed by atoms with Crippen molar-refractivity contribution in [3.05, 3.63) is 101 Å². The number of hydrogen-bond donors (Lipinski definition) is 2. The molecule has 6 rings (SSSR count). The van der Waals surface area contributed by atoms with Crippen LogP contribution in [-0.4, -0.2) is 21.8 Å². The number of H-pyrrole nitrogens is 1. The Bertz CT molecular complexity index is 1560. The van der Waals surface area contributed by atoms with Crippen LogP contribution in [0, 0.1) is 0 Å². The Morgan fingerprint density at radius 3 is 2.58 bits per heavy atom. The average molecular weight is 431 g/mol. The molecule has 0 saturated heterocycles. The van der Waals surface area contributed by atoms with Gasteiger partial charge in [0.1, 0.15) is 5.69 Å². The minimum atomic E-state index is -0.320. The van der Waals surface area contributed by atoms with Gasteiger partial charge in [-0.2, -0.15) is 10.2 Å². The fraction of sp³-hybridized carbons (Fsp3) is 0.107. The molecule has 5 aromatic rings. The van der Waals surface area contributed by atoms with Crippen LogP contribution in [0.2, 0.25) is 0 Å². The Morgan fingerprint density at radius 2 is 1.67 bits per heavy atom. The number of amides is 1. The van der Waals surface area contributed by atoms with Crippen molar-refractivity contribution in [2.45, 2.75) is 19.8 Å². The van der Waals surface area contributed by atoms with Gasteiger partial charge in [-0.15, -0.1) is 0 Å². The lowest BCUT2D eigenvalue weighted by molar-refractivity contribution is 0.0950. The number of fused-ring (bicyclic) bond motifs is 1. The molecule has 5 heteroatoms. The van der Waals surface area contributed by atoms with Crippen molar-refractivity contribution in [3.63, 3.8) is 0 Å². The fourth-order valence-corrected chi connectivity index (χ4v) is 4.84. The Balaban J connectivity index is 1.28. The van der Waals surface area contributed by atoms with Gasteiger partial charge in [-0.05, 0) is 58.5 Å². The highest BCUT2D eigenvalue weighted by molar-refractivity contribution is 6.10. The summed E-state index contributed by atoms with van der Waals surface area (Å²) >= 11 is 0. The molecule has 1 aliphatic rings. The first-order chi connectivity index (χ1) is 16.2. The van der Waals surface area contributed by atoms with Crippen LogP contribution in [0.15, 0.2) is 84.0 Å². The number of nitrogens with zero attached hydrogens (tertiary/aromatic N) is 2. The number of aromatic nitrogens is 2. The molecule has 5 nitrogen and oxygen atoms in total. The molecule has 0 radical (unpaired) electrons. The third kappa shape index (κ3) is 3.29. The molecular formula is C28H22N4O. The zero-order valence-electron chi connectivity index (χ0n) is 18.2. The molecule has 1 aromatic heterocycles. The molecule has 1 aliphatic carbocycles. The van der Waals surface area contributed by atoms with E-state index in [1.54, 1.807) is 6.07 Å². The molecule has 0 fully saturated rings. The predicted octanol–water partition coefficient (Wildman–Crippen LogP) is 5.64. The average Bonchev–Trinajstić information content (AvgIpc) is 3.51. The normalized spacial score (nSPS) is 13.1. The van der Waals surface area contributed by atoms with Crippen LogP contribution in [0.3, 0.4) is 0 Å². The van der Waals surface area contributed by atoms with Crippen LogP contribution >= 0.6 is 0 Å². The van der Waals surface area contributed by atoms with Crippen molar-refractivity contribution in [1.29, 1.82) is 0 Å². The van der Waals surface area contributed by atoms with Gasteiger partial charge in [0, 0.05) is 11.1 Å². The fourth-order valence-electron chi connectivity index (χ4n) is 4.84. The van der Waals surface area contributed by atoms with Gasteiger partial charge < -0.3 is 0 Å². The van der Waals surface area contributed by atoms with Crippen molar-refractivity contribution in [2.75, 3.05) is 0 Å². The maximum atomic E-state index is 12.8. The first kappa shape index (κ1) is 19.4. The molecule has 0 unspecified atom stereocenters. The monoisotopic (exact) mass is 430 g/mol. The Labute approximate surface area is 191 Å². The second-order valence-electron chi connectivity index (χ2n) is 8.44. The molecule has 2 N–H and O–H groups in total. The number of hydrazone groups is 1. The first-order valence-electron chi connectivity index (χ1n) is 11.1. The summed E-state index contributed by atoms with van der Waals surface area (Å²) in [6.45, 7) is 1.90. The summed E-state index contributed by atoms with van der Waals surface area (Å²) in [5.41, 5.74) is 9.34. The summed E-state index contributed by atoms with van der Waals surface area (Å²) in [4.78, 5) is 12.8. The molecule has 0 saturated carbocycles. The zero-order valence-corrected chi connectivity index (χ0v) is 18.2. The number of hydrogen-bond acceptors (Lipinski definition) is 3. The van der Waals surface area contributed by atoms with Crippen LogP contribution in [0.1, 0.15) is 34.1 Å². The topological polar surface area (TPSA) is 70.1 Å². The van der Waals surface area contributed by atoms with E-state index in [-0.39, 0.29) is 5.91 Å². The zero-order chi connectivity index (χ0) is 22.4. The second kappa shape index (κ2) is 7.71. The number of rotatable bonds is 4.